The summed E-state index contributed by atoms with van der Waals surface area (Å²) < 4.78 is 5.51. The zero-order valence-electron chi connectivity index (χ0n) is 12.5. The highest BCUT2D eigenvalue weighted by Crippen LogP contribution is 2.24. The molecule has 1 aliphatic heterocycles. The van der Waals surface area contributed by atoms with Crippen LogP contribution in [0.25, 0.3) is 0 Å². The lowest BCUT2D eigenvalue weighted by Crippen LogP contribution is -2.39. The van der Waals surface area contributed by atoms with Crippen molar-refractivity contribution in [2.45, 2.75) is 38.6 Å². The summed E-state index contributed by atoms with van der Waals surface area (Å²) in [4.78, 5) is 11.7. The molecule has 1 aromatic carbocycles. The normalized spacial score (nSPS) is 18.9. The van der Waals surface area contributed by atoms with Gasteiger partial charge in [0.2, 0.25) is 0 Å². The van der Waals surface area contributed by atoms with Crippen molar-refractivity contribution in [3.8, 4) is 5.75 Å². The summed E-state index contributed by atoms with van der Waals surface area (Å²) in [6.45, 7) is 8.42. The number of rotatable bonds is 4. The van der Waals surface area contributed by atoms with Gasteiger partial charge in [-0.25, -0.2) is 0 Å². The van der Waals surface area contributed by atoms with E-state index < -0.39 is 0 Å². The van der Waals surface area contributed by atoms with E-state index in [-0.39, 0.29) is 24.0 Å². The predicted molar refractivity (Wildman–Crippen MR) is 80.1 cm³/mol. The molecule has 1 saturated heterocycles. The van der Waals surface area contributed by atoms with Gasteiger partial charge in [-0.15, -0.1) is 0 Å². The fraction of sp³-hybridized carbons (Fsp3) is 0.562. The fourth-order valence-electron chi connectivity index (χ4n) is 2.25. The Kier molecular flexibility index (Phi) is 4.65. The molecule has 1 fully saturated rings. The van der Waals surface area contributed by atoms with E-state index in [1.807, 2.05) is 24.3 Å². The summed E-state index contributed by atoms with van der Waals surface area (Å²) in [6, 6.07) is 8.19. The van der Waals surface area contributed by atoms with Gasteiger partial charge in [0.1, 0.15) is 5.75 Å². The number of carbonyl (C=O) groups excluding carboxylic acids is 1. The second-order valence-corrected chi connectivity index (χ2v) is 6.32. The van der Waals surface area contributed by atoms with E-state index >= 15 is 0 Å². The summed E-state index contributed by atoms with van der Waals surface area (Å²) in [7, 11) is 0. The summed E-state index contributed by atoms with van der Waals surface area (Å²) in [5.74, 6) is 0.677. The first-order valence-electron chi connectivity index (χ1n) is 7.18. The molecule has 1 heterocycles. The van der Waals surface area contributed by atoms with E-state index in [2.05, 4.69) is 31.4 Å². The highest BCUT2D eigenvalue weighted by atomic mass is 16.5. The third kappa shape index (κ3) is 4.23. The van der Waals surface area contributed by atoms with Gasteiger partial charge in [-0.2, -0.15) is 0 Å². The van der Waals surface area contributed by atoms with E-state index in [0.29, 0.717) is 0 Å². The molecule has 110 valence electrons. The molecule has 1 aliphatic rings. The Hall–Kier alpha value is -1.55. The molecule has 0 bridgehead atoms. The average Bonchev–Trinajstić information content (AvgIpc) is 2.88. The highest BCUT2D eigenvalue weighted by molar-refractivity contribution is 5.77. The third-order valence-electron chi connectivity index (χ3n) is 3.52. The van der Waals surface area contributed by atoms with Gasteiger partial charge in [-0.05, 0) is 36.1 Å². The second kappa shape index (κ2) is 6.27. The van der Waals surface area contributed by atoms with Crippen LogP contribution in [0.1, 0.15) is 32.8 Å². The molecule has 1 amide bonds. The Morgan fingerprint density at radius 1 is 1.35 bits per heavy atom. The smallest absolute Gasteiger partial charge is 0.258 e. The van der Waals surface area contributed by atoms with E-state index in [0.717, 1.165) is 25.3 Å². The standard InChI is InChI=1S/C16H24N2O2/c1-16(2,3)12-4-6-14(7-5-12)20-11-15(19)18-13-8-9-17-10-13/h4-7,13,17H,8-11H2,1-3H3,(H,18,19). The second-order valence-electron chi connectivity index (χ2n) is 6.32. The van der Waals surface area contributed by atoms with Gasteiger partial charge >= 0.3 is 0 Å². The highest BCUT2D eigenvalue weighted by Gasteiger charge is 2.17. The first-order valence-corrected chi connectivity index (χ1v) is 7.18. The van der Waals surface area contributed by atoms with Crippen molar-refractivity contribution in [2.75, 3.05) is 19.7 Å². The quantitative estimate of drug-likeness (QED) is 0.882. The maximum atomic E-state index is 11.7. The molecule has 0 aromatic heterocycles. The van der Waals surface area contributed by atoms with Crippen molar-refractivity contribution >= 4 is 5.91 Å². The summed E-state index contributed by atoms with van der Waals surface area (Å²) >= 11 is 0. The van der Waals surface area contributed by atoms with E-state index in [4.69, 9.17) is 4.74 Å². The van der Waals surface area contributed by atoms with Crippen LogP contribution < -0.4 is 15.4 Å². The SMILES string of the molecule is CC(C)(C)c1ccc(OCC(=O)NC2CCNC2)cc1. The van der Waals surface area contributed by atoms with Crippen LogP contribution in [-0.4, -0.2) is 31.6 Å². The zero-order valence-corrected chi connectivity index (χ0v) is 12.5. The van der Waals surface area contributed by atoms with Crippen molar-refractivity contribution in [1.29, 1.82) is 0 Å². The van der Waals surface area contributed by atoms with Gasteiger partial charge in [0.15, 0.2) is 6.61 Å². The Balaban J connectivity index is 1.80. The molecular weight excluding hydrogens is 252 g/mol. The van der Waals surface area contributed by atoms with Crippen molar-refractivity contribution < 1.29 is 9.53 Å². The molecule has 0 saturated carbocycles. The van der Waals surface area contributed by atoms with Gasteiger partial charge in [0, 0.05) is 12.6 Å². The first kappa shape index (κ1) is 14.9. The van der Waals surface area contributed by atoms with Crippen LogP contribution in [0.15, 0.2) is 24.3 Å². The Bertz CT molecular complexity index is 443. The number of hydrogen-bond acceptors (Lipinski definition) is 3. The lowest BCUT2D eigenvalue weighted by atomic mass is 9.87. The minimum atomic E-state index is -0.0569. The summed E-state index contributed by atoms with van der Waals surface area (Å²) in [5, 5.41) is 6.17. The van der Waals surface area contributed by atoms with E-state index in [1.165, 1.54) is 5.56 Å². The lowest BCUT2D eigenvalue weighted by Gasteiger charge is -2.19. The molecule has 0 spiro atoms. The molecule has 0 radical (unpaired) electrons. The molecule has 4 nitrogen and oxygen atoms in total. The van der Waals surface area contributed by atoms with Crippen molar-refractivity contribution in [2.24, 2.45) is 0 Å². The number of carbonyl (C=O) groups is 1. The molecule has 1 atom stereocenters. The molecule has 1 unspecified atom stereocenters. The van der Waals surface area contributed by atoms with Crippen LogP contribution in [0.5, 0.6) is 5.75 Å². The van der Waals surface area contributed by atoms with Crippen LogP contribution in [0.3, 0.4) is 0 Å². The minimum Gasteiger partial charge on any atom is -0.484 e. The van der Waals surface area contributed by atoms with E-state index in [9.17, 15) is 4.79 Å². The van der Waals surface area contributed by atoms with Gasteiger partial charge in [-0.3, -0.25) is 4.79 Å². The molecule has 1 aromatic rings. The number of ether oxygens (including phenoxy) is 1. The van der Waals surface area contributed by atoms with Crippen molar-refractivity contribution in [3.05, 3.63) is 29.8 Å². The van der Waals surface area contributed by atoms with Crippen LogP contribution in [0, 0.1) is 0 Å². The molecular formula is C16H24N2O2. The zero-order chi connectivity index (χ0) is 14.6. The maximum absolute atomic E-state index is 11.7. The Morgan fingerprint density at radius 2 is 2.05 bits per heavy atom. The predicted octanol–water partition coefficient (Wildman–Crippen LogP) is 1.84. The third-order valence-corrected chi connectivity index (χ3v) is 3.52. The fourth-order valence-corrected chi connectivity index (χ4v) is 2.25. The first-order chi connectivity index (χ1) is 9.45. The minimum absolute atomic E-state index is 0.0569. The topological polar surface area (TPSA) is 50.4 Å². The number of nitrogens with one attached hydrogen (secondary N) is 2. The van der Waals surface area contributed by atoms with E-state index in [1.54, 1.807) is 0 Å². The van der Waals surface area contributed by atoms with Crippen LogP contribution in [0.2, 0.25) is 0 Å². The van der Waals surface area contributed by atoms with Crippen LogP contribution in [-0.2, 0) is 10.2 Å². The number of amides is 1. The van der Waals surface area contributed by atoms with Crippen LogP contribution in [0.4, 0.5) is 0 Å². The molecule has 4 heteroatoms. The summed E-state index contributed by atoms with van der Waals surface area (Å²) in [6.07, 6.45) is 0.992. The summed E-state index contributed by atoms with van der Waals surface area (Å²) in [5.41, 5.74) is 1.39. The maximum Gasteiger partial charge on any atom is 0.258 e. The number of benzene rings is 1. The monoisotopic (exact) mass is 276 g/mol. The molecule has 20 heavy (non-hydrogen) atoms. The lowest BCUT2D eigenvalue weighted by molar-refractivity contribution is -0.123. The van der Waals surface area contributed by atoms with Crippen LogP contribution >= 0.6 is 0 Å². The van der Waals surface area contributed by atoms with Crippen molar-refractivity contribution in [1.82, 2.24) is 10.6 Å². The Morgan fingerprint density at radius 3 is 2.60 bits per heavy atom. The molecule has 2 N–H and O–H groups in total. The average molecular weight is 276 g/mol. The van der Waals surface area contributed by atoms with Crippen molar-refractivity contribution in [3.63, 3.8) is 0 Å². The van der Waals surface area contributed by atoms with Gasteiger partial charge in [-0.1, -0.05) is 32.9 Å². The molecule has 2 rings (SSSR count). The van der Waals surface area contributed by atoms with Gasteiger partial charge in [0.05, 0.1) is 0 Å². The number of hydrogen-bond donors (Lipinski definition) is 2. The Labute approximate surface area is 120 Å². The largest absolute Gasteiger partial charge is 0.484 e. The van der Waals surface area contributed by atoms with Gasteiger partial charge < -0.3 is 15.4 Å². The molecule has 0 aliphatic carbocycles. The van der Waals surface area contributed by atoms with Gasteiger partial charge in [0.25, 0.3) is 5.91 Å².